The Morgan fingerprint density at radius 1 is 0.594 bits per heavy atom. The molecule has 3 aromatic rings. The van der Waals surface area contributed by atoms with Crippen molar-refractivity contribution in [3.05, 3.63) is 71.9 Å². The van der Waals surface area contributed by atoms with Crippen molar-refractivity contribution in [1.82, 2.24) is 31.6 Å². The van der Waals surface area contributed by atoms with Gasteiger partial charge in [-0.3, -0.25) is 62.7 Å². The molecule has 1 aromatic heterocycles. The number of aromatic nitrogens is 1. The lowest BCUT2D eigenvalue weighted by Gasteiger charge is -2.29. The lowest BCUT2D eigenvalue weighted by molar-refractivity contribution is -0.173. The molecule has 96 heavy (non-hydrogen) atoms. The summed E-state index contributed by atoms with van der Waals surface area (Å²) in [4.78, 5) is 175. The Hall–Kier alpha value is -8.74. The van der Waals surface area contributed by atoms with Crippen LogP contribution in [0.15, 0.2) is 70.8 Å². The van der Waals surface area contributed by atoms with Gasteiger partial charge in [-0.2, -0.15) is 25.8 Å². The van der Waals surface area contributed by atoms with Gasteiger partial charge in [0.2, 0.25) is 29.5 Å². The second kappa shape index (κ2) is 40.0. The van der Waals surface area contributed by atoms with Gasteiger partial charge >= 0.3 is 18.1 Å². The summed E-state index contributed by atoms with van der Waals surface area (Å²) in [6, 6.07) is 10.0. The van der Waals surface area contributed by atoms with Crippen molar-refractivity contribution in [3.63, 3.8) is 0 Å². The molecule has 0 aliphatic rings. The van der Waals surface area contributed by atoms with Crippen molar-refractivity contribution in [2.24, 2.45) is 73.7 Å². The summed E-state index contributed by atoms with van der Waals surface area (Å²) in [5.41, 5.74) is 28.5. The molecule has 0 unspecified atom stereocenters. The van der Waals surface area contributed by atoms with Crippen LogP contribution >= 0.6 is 12.6 Å². The first-order valence-corrected chi connectivity index (χ1v) is 32.3. The second-order valence-electron chi connectivity index (χ2n) is 25.1. The lowest BCUT2D eigenvalue weighted by Crippen LogP contribution is -2.50. The zero-order chi connectivity index (χ0) is 72.0. The number of aliphatic imine (C=N–C) groups is 2. The highest BCUT2D eigenvalue weighted by Gasteiger charge is 2.40. The molecule has 0 aliphatic heterocycles. The minimum Gasteiger partial charge on any atom is -0.481 e. The molecular formula is C65H94F3N13O14S. The maximum Gasteiger partial charge on any atom is 0.471 e. The van der Waals surface area contributed by atoms with Crippen LogP contribution in [0.5, 0.6) is 0 Å². The number of primary amides is 1. The predicted molar refractivity (Wildman–Crippen MR) is 355 cm³/mol. The molecule has 18 N–H and O–H groups in total. The Morgan fingerprint density at radius 3 is 1.65 bits per heavy atom. The van der Waals surface area contributed by atoms with Crippen LogP contribution in [0.4, 0.5) is 13.2 Å². The van der Waals surface area contributed by atoms with Crippen LogP contribution in [0.3, 0.4) is 0 Å². The lowest BCUT2D eigenvalue weighted by atomic mass is 9.77. The van der Waals surface area contributed by atoms with E-state index in [2.05, 4.69) is 48.9 Å². The van der Waals surface area contributed by atoms with Crippen LogP contribution in [0.1, 0.15) is 136 Å². The Balaban J connectivity index is 2.02. The van der Waals surface area contributed by atoms with Crippen LogP contribution in [0.2, 0.25) is 0 Å². The molecular weight excluding hydrogens is 1280 g/mol. The number of unbranched alkanes of at least 4 members (excludes halogenated alkanes) is 1. The molecule has 2 aromatic carbocycles. The first-order chi connectivity index (χ1) is 45.0. The number of benzene rings is 2. The first kappa shape index (κ1) is 81.5. The van der Waals surface area contributed by atoms with Crippen molar-refractivity contribution >= 4 is 106 Å². The number of aliphatic hydroxyl groups is 1. The van der Waals surface area contributed by atoms with Crippen LogP contribution in [0.25, 0.3) is 10.9 Å². The van der Waals surface area contributed by atoms with E-state index < -0.39 is 180 Å². The van der Waals surface area contributed by atoms with Gasteiger partial charge < -0.3 is 75.2 Å². The first-order valence-electron chi connectivity index (χ1n) is 31.7. The third kappa shape index (κ3) is 29.1. The fourth-order valence-electron chi connectivity index (χ4n) is 10.8. The minimum absolute atomic E-state index is 0.000698. The summed E-state index contributed by atoms with van der Waals surface area (Å²) in [5.74, 6) is -18.3. The molecule has 0 spiro atoms. The maximum atomic E-state index is 15.0. The monoisotopic (exact) mass is 1370 g/mol. The van der Waals surface area contributed by atoms with Gasteiger partial charge in [-0.1, -0.05) is 69.3 Å². The average molecular weight is 1370 g/mol. The van der Waals surface area contributed by atoms with Gasteiger partial charge in [-0.05, 0) is 94.2 Å². The quantitative estimate of drug-likeness (QED) is 0.0167. The third-order valence-electron chi connectivity index (χ3n) is 16.2. The van der Waals surface area contributed by atoms with Crippen molar-refractivity contribution in [2.45, 2.75) is 174 Å². The van der Waals surface area contributed by atoms with Crippen LogP contribution in [-0.4, -0.2) is 159 Å². The van der Waals surface area contributed by atoms with Crippen molar-refractivity contribution in [2.75, 3.05) is 25.4 Å². The van der Waals surface area contributed by atoms with Crippen molar-refractivity contribution in [1.29, 1.82) is 0 Å². The number of amides is 6. The van der Waals surface area contributed by atoms with Gasteiger partial charge in [0.1, 0.15) is 5.78 Å². The number of aliphatic hydroxyl groups excluding tert-OH is 1. The normalized spacial score (nSPS) is 14.7. The summed E-state index contributed by atoms with van der Waals surface area (Å²) in [5, 5.41) is 33.9. The highest BCUT2D eigenvalue weighted by atomic mass is 32.1. The van der Waals surface area contributed by atoms with Gasteiger partial charge in [-0.15, -0.1) is 0 Å². The number of guanidine groups is 2. The number of hydrogen-bond donors (Lipinski definition) is 14. The summed E-state index contributed by atoms with van der Waals surface area (Å²) in [6.45, 7) is 6.96. The summed E-state index contributed by atoms with van der Waals surface area (Å²) in [7, 11) is 0. The molecule has 6 amide bonds. The molecule has 530 valence electrons. The number of H-pyrrole nitrogens is 1. The summed E-state index contributed by atoms with van der Waals surface area (Å²) < 4.78 is 38.5. The number of rotatable bonds is 45. The predicted octanol–water partition coefficient (Wildman–Crippen LogP) is 2.45. The summed E-state index contributed by atoms with van der Waals surface area (Å²) in [6.07, 6.45) is -8.68. The number of ketones is 5. The fraction of sp³-hybridized carbons (Fsp3) is 0.569. The Bertz CT molecular complexity index is 3220. The Labute approximate surface area is 560 Å². The number of aliphatic carboxylic acids is 1. The van der Waals surface area contributed by atoms with Crippen LogP contribution in [0, 0.1) is 35.0 Å². The van der Waals surface area contributed by atoms with Gasteiger partial charge in [-0.25, -0.2) is 0 Å². The zero-order valence-corrected chi connectivity index (χ0v) is 55.7. The molecule has 0 fully saturated rings. The Morgan fingerprint density at radius 2 is 1.09 bits per heavy atom. The number of aromatic amines is 1. The summed E-state index contributed by atoms with van der Waals surface area (Å²) >= 11 is 4.29. The number of halogens is 3. The van der Waals surface area contributed by atoms with Gasteiger partial charge in [0.05, 0.1) is 42.1 Å². The molecule has 0 aliphatic carbocycles. The SMILES string of the molecule is CC(=O)C[C@@H](CCCN=C(N)N)C(=O)N[C@@H](CCCN=C(N)N)C(=O)C[C@@H](Cc1ccccc1)C(=O)N[C@@H](Cc1c[nH]c2ccccc12)C(=O)C[C@@H](CCC(N)=O)C(=O)N[C@@H](CS)C(=O)C[C@H](C(=O)N[C@@H](CCCCNC(=O)C(F)(F)F)C(=O)C[C@H](C(=O)O)C(C)(C)C)[C@@H](C)O. The molecule has 10 atom stereocenters. The van der Waals surface area contributed by atoms with E-state index in [4.69, 9.17) is 28.7 Å². The number of nitrogens with two attached hydrogens (primary N) is 5. The molecule has 0 saturated heterocycles. The number of Topliss-reactive ketones (excluding diaryl/α,β-unsaturated/α-hetero) is 5. The fourth-order valence-corrected chi connectivity index (χ4v) is 11.1. The van der Waals surface area contributed by atoms with E-state index in [1.165, 1.54) is 6.92 Å². The molecule has 27 nitrogen and oxygen atoms in total. The highest BCUT2D eigenvalue weighted by molar-refractivity contribution is 7.80. The number of hydrogen-bond acceptors (Lipinski definition) is 16. The van der Waals surface area contributed by atoms with Gasteiger partial charge in [0, 0.05) is 105 Å². The standard InChI is InChI=1S/C65H94F3N13O14S/c1-36(82)27-39(17-13-25-75-62(70)71)56(89)78-48(21-14-26-76-63(72)73)51(84)31-41(28-38-15-7-6-8-16-38)58(91)80-49(29-42-34-77-46-19-10-9-18-43(42)46)52(85)30-40(22-23-55(69)88)57(90)81-50(35-96)53(86)32-44(37(2)83)59(92)79-47(20-11-12-24-74-61(95)65(66,67)68)54(87)33-45(60(93)94)64(3,4)5/h6-10,15-16,18-19,34,37,39-41,44-45,47-50,77,83,96H,11-14,17,20-33,35H2,1-5H3,(H2,69,88)(H,74,95)(H,78,89)(H,79,92)(H,80,91)(H,81,90)(H,93,94)(H4,70,71,75)(H4,72,73,76)/t37-,39-,40-,41-,44+,45-,47+,48+,49+,50+/m1/s1. The highest BCUT2D eigenvalue weighted by Crippen LogP contribution is 2.31. The van der Waals surface area contributed by atoms with E-state index in [1.807, 2.05) is 0 Å². The molecule has 0 bridgehead atoms. The smallest absolute Gasteiger partial charge is 0.471 e. The van der Waals surface area contributed by atoms with Gasteiger partial charge in [0.25, 0.3) is 0 Å². The molecule has 3 rings (SSSR count). The van der Waals surface area contributed by atoms with Crippen LogP contribution < -0.4 is 55.3 Å². The molecule has 0 radical (unpaired) electrons. The average Bonchev–Trinajstić information content (AvgIpc) is 1.74. The number of carboxylic acids is 1. The number of carboxylic acid groups (broad SMARTS) is 1. The third-order valence-corrected chi connectivity index (χ3v) is 16.6. The van der Waals surface area contributed by atoms with Crippen LogP contribution in [-0.2, 0) is 70.4 Å². The second-order valence-corrected chi connectivity index (χ2v) is 25.5. The van der Waals surface area contributed by atoms with E-state index in [0.717, 1.165) is 6.92 Å². The zero-order valence-electron chi connectivity index (χ0n) is 54.8. The number of fused-ring (bicyclic) bond motifs is 1. The molecule has 31 heteroatoms. The maximum absolute atomic E-state index is 15.0. The molecule has 0 saturated carbocycles. The largest absolute Gasteiger partial charge is 0.481 e. The van der Waals surface area contributed by atoms with E-state index in [1.54, 1.807) is 86.9 Å². The van der Waals surface area contributed by atoms with Gasteiger partial charge in [0.15, 0.2) is 35.1 Å². The van der Waals surface area contributed by atoms with E-state index in [-0.39, 0.29) is 95.0 Å². The number of thiol groups is 1. The number of carbonyl (C=O) groups excluding carboxylic acids is 11. The molecule has 1 heterocycles. The van der Waals surface area contributed by atoms with Crippen molar-refractivity contribution < 1.29 is 80.9 Å². The van der Waals surface area contributed by atoms with E-state index >= 15 is 9.59 Å². The van der Waals surface area contributed by atoms with E-state index in [0.29, 0.717) is 28.5 Å². The minimum atomic E-state index is -5.16. The number of alkyl halides is 3. The number of nitrogens with one attached hydrogen (secondary N) is 6. The number of carbonyl (C=O) groups is 12. The van der Waals surface area contributed by atoms with Crippen molar-refractivity contribution in [3.8, 4) is 0 Å². The topological polar surface area (TPSA) is 476 Å². The number of para-hydroxylation sites is 1. The Kier molecular flexibility index (Phi) is 33.9. The van der Waals surface area contributed by atoms with E-state index in [9.17, 15) is 71.3 Å². The number of nitrogens with zero attached hydrogens (tertiary/aromatic N) is 2.